The Morgan fingerprint density at radius 1 is 1.33 bits per heavy atom. The van der Waals surface area contributed by atoms with Crippen LogP contribution in [0.15, 0.2) is 0 Å². The van der Waals surface area contributed by atoms with Crippen molar-refractivity contribution in [1.29, 1.82) is 0 Å². The van der Waals surface area contributed by atoms with Crippen molar-refractivity contribution in [2.24, 2.45) is 11.7 Å². The molecule has 0 bridgehead atoms. The number of hydrogen-bond acceptors (Lipinski definition) is 6. The number of rotatable bonds is 4. The van der Waals surface area contributed by atoms with Crippen LogP contribution < -0.4 is 5.73 Å². The van der Waals surface area contributed by atoms with Crippen LogP contribution in [0.3, 0.4) is 0 Å². The predicted molar refractivity (Wildman–Crippen MR) is 80.9 cm³/mol. The second-order valence-corrected chi connectivity index (χ2v) is 9.53. The highest BCUT2D eigenvalue weighted by Gasteiger charge is 2.38. The van der Waals surface area contributed by atoms with E-state index in [1.807, 2.05) is 11.8 Å². The van der Waals surface area contributed by atoms with E-state index < -0.39 is 9.84 Å². The van der Waals surface area contributed by atoms with Gasteiger partial charge in [-0.15, -0.1) is 0 Å². The first-order chi connectivity index (χ1) is 8.54. The highest BCUT2D eigenvalue weighted by molar-refractivity contribution is 8.01. The number of nitrogens with zero attached hydrogens (tertiary/aromatic N) is 1. The van der Waals surface area contributed by atoms with Crippen LogP contribution in [0.25, 0.3) is 0 Å². The molecule has 18 heavy (non-hydrogen) atoms. The average Bonchev–Trinajstić information content (AvgIpc) is 2.83. The van der Waals surface area contributed by atoms with Crippen LogP contribution >= 0.6 is 23.5 Å². The molecule has 106 valence electrons. The molecule has 2 heterocycles. The zero-order valence-electron chi connectivity index (χ0n) is 10.7. The Bertz CT molecular complexity index is 368. The molecule has 2 rings (SSSR count). The van der Waals surface area contributed by atoms with Crippen LogP contribution in [0.2, 0.25) is 0 Å². The van der Waals surface area contributed by atoms with Gasteiger partial charge in [-0.05, 0) is 23.8 Å². The summed E-state index contributed by atoms with van der Waals surface area (Å²) in [6.45, 7) is 1.42. The second-order valence-electron chi connectivity index (χ2n) is 5.02. The van der Waals surface area contributed by atoms with Gasteiger partial charge in [-0.1, -0.05) is 0 Å². The lowest BCUT2D eigenvalue weighted by Crippen LogP contribution is -2.56. The average molecular weight is 311 g/mol. The molecule has 0 aliphatic carbocycles. The Kier molecular flexibility index (Phi) is 5.28. The third-order valence-electron chi connectivity index (χ3n) is 3.79. The van der Waals surface area contributed by atoms with Crippen molar-refractivity contribution in [2.75, 3.05) is 42.4 Å². The standard InChI is InChI=1S/C11H22N2O2S3/c1-18(14,15)11-8-17-5-3-13(11)10(6-12)9-2-4-16-7-9/h9-11H,2-8,12H2,1H3. The molecular weight excluding hydrogens is 288 g/mol. The molecule has 2 fully saturated rings. The summed E-state index contributed by atoms with van der Waals surface area (Å²) in [6, 6.07) is 0.237. The van der Waals surface area contributed by atoms with E-state index in [1.165, 1.54) is 18.4 Å². The molecule has 7 heteroatoms. The molecule has 0 amide bonds. The predicted octanol–water partition coefficient (Wildman–Crippen LogP) is 0.486. The molecule has 2 aliphatic rings. The summed E-state index contributed by atoms with van der Waals surface area (Å²) < 4.78 is 23.9. The van der Waals surface area contributed by atoms with Gasteiger partial charge >= 0.3 is 0 Å². The monoisotopic (exact) mass is 310 g/mol. The van der Waals surface area contributed by atoms with Crippen LogP contribution in [0, 0.1) is 5.92 Å². The maximum Gasteiger partial charge on any atom is 0.164 e. The van der Waals surface area contributed by atoms with Crippen LogP contribution in [-0.4, -0.2) is 67.1 Å². The molecule has 2 aliphatic heterocycles. The Morgan fingerprint density at radius 3 is 2.61 bits per heavy atom. The second kappa shape index (κ2) is 6.35. The van der Waals surface area contributed by atoms with E-state index in [2.05, 4.69) is 4.90 Å². The third-order valence-corrected chi connectivity index (χ3v) is 7.64. The number of nitrogens with two attached hydrogens (primary N) is 1. The van der Waals surface area contributed by atoms with Crippen molar-refractivity contribution in [3.05, 3.63) is 0 Å². The summed E-state index contributed by atoms with van der Waals surface area (Å²) in [7, 11) is -3.02. The smallest absolute Gasteiger partial charge is 0.164 e. The van der Waals surface area contributed by atoms with E-state index in [0.717, 1.165) is 18.1 Å². The van der Waals surface area contributed by atoms with Gasteiger partial charge in [0.05, 0.1) is 0 Å². The van der Waals surface area contributed by atoms with Crippen molar-refractivity contribution in [1.82, 2.24) is 4.90 Å². The molecule has 0 saturated carbocycles. The highest BCUT2D eigenvalue weighted by Crippen LogP contribution is 2.32. The minimum atomic E-state index is -3.02. The lowest BCUT2D eigenvalue weighted by atomic mass is 9.97. The Labute approximate surface area is 118 Å². The first-order valence-corrected chi connectivity index (χ1v) is 10.6. The molecular formula is C11H22N2O2S3. The van der Waals surface area contributed by atoms with Gasteiger partial charge in [-0.2, -0.15) is 23.5 Å². The Morgan fingerprint density at radius 2 is 2.06 bits per heavy atom. The third kappa shape index (κ3) is 3.36. The van der Waals surface area contributed by atoms with Crippen molar-refractivity contribution in [3.63, 3.8) is 0 Å². The van der Waals surface area contributed by atoms with Crippen LogP contribution in [-0.2, 0) is 9.84 Å². The first-order valence-electron chi connectivity index (χ1n) is 6.34. The van der Waals surface area contributed by atoms with Crippen molar-refractivity contribution < 1.29 is 8.42 Å². The van der Waals surface area contributed by atoms with Crippen LogP contribution in [0.5, 0.6) is 0 Å². The first kappa shape index (κ1) is 15.0. The quantitative estimate of drug-likeness (QED) is 0.815. The normalized spacial score (nSPS) is 32.6. The van der Waals surface area contributed by atoms with Crippen LogP contribution in [0.1, 0.15) is 6.42 Å². The Hall–Kier alpha value is 0.570. The SMILES string of the molecule is CS(=O)(=O)C1CSCCN1C(CN)C1CCSC1. The van der Waals surface area contributed by atoms with E-state index in [4.69, 9.17) is 5.73 Å². The molecule has 2 N–H and O–H groups in total. The van der Waals surface area contributed by atoms with E-state index in [9.17, 15) is 8.42 Å². The van der Waals surface area contributed by atoms with E-state index in [1.54, 1.807) is 11.8 Å². The summed E-state index contributed by atoms with van der Waals surface area (Å²) in [5, 5.41) is -0.338. The minimum Gasteiger partial charge on any atom is -0.329 e. The molecule has 0 aromatic heterocycles. The molecule has 4 nitrogen and oxygen atoms in total. The van der Waals surface area contributed by atoms with E-state index in [0.29, 0.717) is 18.2 Å². The van der Waals surface area contributed by atoms with Crippen molar-refractivity contribution >= 4 is 33.4 Å². The molecule has 0 radical (unpaired) electrons. The fourth-order valence-electron chi connectivity index (χ4n) is 2.80. The number of hydrogen-bond donors (Lipinski definition) is 1. The topological polar surface area (TPSA) is 63.4 Å². The summed E-state index contributed by atoms with van der Waals surface area (Å²) in [4.78, 5) is 2.17. The lowest BCUT2D eigenvalue weighted by molar-refractivity contribution is 0.151. The largest absolute Gasteiger partial charge is 0.329 e. The molecule has 2 saturated heterocycles. The van der Waals surface area contributed by atoms with Crippen molar-refractivity contribution in [2.45, 2.75) is 17.8 Å². The number of sulfone groups is 1. The lowest BCUT2D eigenvalue weighted by Gasteiger charge is -2.41. The van der Waals surface area contributed by atoms with Gasteiger partial charge in [0, 0.05) is 36.9 Å². The maximum atomic E-state index is 11.9. The van der Waals surface area contributed by atoms with Crippen LogP contribution in [0.4, 0.5) is 0 Å². The summed E-state index contributed by atoms with van der Waals surface area (Å²) in [5.41, 5.74) is 5.94. The fraction of sp³-hybridized carbons (Fsp3) is 1.00. The maximum absolute atomic E-state index is 11.9. The van der Waals surface area contributed by atoms with Crippen molar-refractivity contribution in [3.8, 4) is 0 Å². The summed E-state index contributed by atoms with van der Waals surface area (Å²) in [5.74, 6) is 4.58. The Balaban J connectivity index is 2.15. The zero-order valence-corrected chi connectivity index (χ0v) is 13.2. The van der Waals surface area contributed by atoms with Gasteiger partial charge < -0.3 is 5.73 Å². The molecule has 0 aromatic rings. The van der Waals surface area contributed by atoms with Gasteiger partial charge in [-0.25, -0.2) is 8.42 Å². The molecule has 0 spiro atoms. The van der Waals surface area contributed by atoms with Gasteiger partial charge in [0.1, 0.15) is 5.37 Å². The highest BCUT2D eigenvalue weighted by atomic mass is 32.2. The molecule has 0 aromatic carbocycles. The molecule has 3 atom stereocenters. The van der Waals surface area contributed by atoms with Gasteiger partial charge in [0.2, 0.25) is 0 Å². The summed E-state index contributed by atoms with van der Waals surface area (Å²) >= 11 is 3.70. The van der Waals surface area contributed by atoms with Gasteiger partial charge in [0.15, 0.2) is 9.84 Å². The van der Waals surface area contributed by atoms with E-state index in [-0.39, 0.29) is 11.4 Å². The zero-order chi connectivity index (χ0) is 13.2. The van der Waals surface area contributed by atoms with E-state index >= 15 is 0 Å². The number of thioether (sulfide) groups is 2. The van der Waals surface area contributed by atoms with Gasteiger partial charge in [0.25, 0.3) is 0 Å². The summed E-state index contributed by atoms with van der Waals surface area (Å²) in [6.07, 6.45) is 2.53. The fourth-order valence-corrected chi connectivity index (χ4v) is 7.06. The van der Waals surface area contributed by atoms with Gasteiger partial charge in [-0.3, -0.25) is 4.90 Å². The molecule has 3 unspecified atom stereocenters. The minimum absolute atomic E-state index is 0.237.